The number of carbonyl (C=O) groups excluding carboxylic acids is 1. The van der Waals surface area contributed by atoms with E-state index in [1.54, 1.807) is 6.07 Å². The fraction of sp³-hybridized carbons (Fsp3) is 0.375. The van der Waals surface area contributed by atoms with Crippen molar-refractivity contribution in [3.63, 3.8) is 0 Å². The summed E-state index contributed by atoms with van der Waals surface area (Å²) in [5.41, 5.74) is 5.38. The molecular weight excluding hydrogens is 288 g/mol. The lowest BCUT2D eigenvalue weighted by Crippen LogP contribution is -2.37. The highest BCUT2D eigenvalue weighted by Gasteiger charge is 2.10. The van der Waals surface area contributed by atoms with Crippen LogP contribution in [0.5, 0.6) is 0 Å². The molecule has 0 saturated heterocycles. The predicted octanol–water partition coefficient (Wildman–Crippen LogP) is 2.01. The Bertz CT molecular complexity index is 305. The topological polar surface area (TPSA) is 55.1 Å². The van der Waals surface area contributed by atoms with E-state index in [1.165, 1.54) is 11.3 Å². The maximum absolute atomic E-state index is 11.5. The average molecular weight is 300 g/mol. The molecule has 0 radical (unpaired) electrons. The van der Waals surface area contributed by atoms with Crippen LogP contribution in [0, 0.1) is 0 Å². The molecule has 0 bridgehead atoms. The molecule has 0 aliphatic carbocycles. The van der Waals surface area contributed by atoms with Crippen molar-refractivity contribution in [1.82, 2.24) is 5.32 Å². The number of nitrogens with one attached hydrogen (secondary N) is 1. The lowest BCUT2D eigenvalue weighted by molar-refractivity contribution is 0.0945. The smallest absolute Gasteiger partial charge is 0.261 e. The minimum Gasteiger partial charge on any atom is -0.348 e. The van der Waals surface area contributed by atoms with Gasteiger partial charge < -0.3 is 11.1 Å². The van der Waals surface area contributed by atoms with E-state index in [1.807, 2.05) is 12.3 Å². The molecule has 6 heteroatoms. The van der Waals surface area contributed by atoms with Crippen molar-refractivity contribution >= 4 is 45.6 Å². The summed E-state index contributed by atoms with van der Waals surface area (Å²) in [4.78, 5) is 12.2. The first kappa shape index (κ1) is 13.9. The molecule has 1 aromatic heterocycles. The predicted molar refractivity (Wildman–Crippen MR) is 65.2 cm³/mol. The van der Waals surface area contributed by atoms with Gasteiger partial charge in [-0.1, -0.05) is 0 Å². The Kier molecular flexibility index (Phi) is 6.35. The number of halogens is 2. The Morgan fingerprint density at radius 1 is 1.79 bits per heavy atom. The zero-order valence-corrected chi connectivity index (χ0v) is 10.8. The molecule has 3 N–H and O–H groups in total. The normalized spacial score (nSPS) is 11.6. The van der Waals surface area contributed by atoms with Crippen LogP contribution in [0.15, 0.2) is 15.9 Å². The van der Waals surface area contributed by atoms with E-state index in [9.17, 15) is 4.79 Å². The van der Waals surface area contributed by atoms with Crippen LogP contribution in [-0.4, -0.2) is 18.5 Å². The van der Waals surface area contributed by atoms with Gasteiger partial charge in [-0.05, 0) is 28.9 Å². The molecule has 1 aromatic rings. The first-order chi connectivity index (χ1) is 6.13. The maximum Gasteiger partial charge on any atom is 0.261 e. The Morgan fingerprint density at radius 2 is 2.43 bits per heavy atom. The lowest BCUT2D eigenvalue weighted by Gasteiger charge is -2.09. The molecule has 80 valence electrons. The van der Waals surface area contributed by atoms with Gasteiger partial charge in [0.15, 0.2) is 0 Å². The molecule has 1 heterocycles. The Balaban J connectivity index is 0.00000169. The minimum absolute atomic E-state index is 0. The van der Waals surface area contributed by atoms with E-state index in [2.05, 4.69) is 21.2 Å². The van der Waals surface area contributed by atoms with Crippen LogP contribution < -0.4 is 11.1 Å². The summed E-state index contributed by atoms with van der Waals surface area (Å²) < 4.78 is 0.933. The summed E-state index contributed by atoms with van der Waals surface area (Å²) in [6, 6.07) is 1.82. The van der Waals surface area contributed by atoms with Gasteiger partial charge in [-0.25, -0.2) is 0 Å². The standard InChI is InChI=1S/C8H11BrN2OS.ClH/c1-5(3-10)11-8(12)7-2-6(9)4-13-7;/h2,4-5H,3,10H2,1H3,(H,11,12);1H/t5-;/m1./s1. The third kappa shape index (κ3) is 3.96. The SMILES string of the molecule is C[C@H](CN)NC(=O)c1cc(Br)cs1.Cl. The molecule has 0 aliphatic heterocycles. The van der Waals surface area contributed by atoms with Gasteiger partial charge in [0.05, 0.1) is 4.88 Å². The number of thiophene rings is 1. The van der Waals surface area contributed by atoms with E-state index in [0.29, 0.717) is 11.4 Å². The zero-order chi connectivity index (χ0) is 9.84. The number of nitrogens with two attached hydrogens (primary N) is 1. The van der Waals surface area contributed by atoms with E-state index in [4.69, 9.17) is 5.73 Å². The Hall–Kier alpha value is -0.100. The summed E-state index contributed by atoms with van der Waals surface area (Å²) >= 11 is 4.70. The van der Waals surface area contributed by atoms with Gasteiger partial charge in [-0.15, -0.1) is 23.7 Å². The molecule has 1 rings (SSSR count). The van der Waals surface area contributed by atoms with E-state index in [0.717, 1.165) is 4.47 Å². The van der Waals surface area contributed by atoms with Crippen molar-refractivity contribution in [3.8, 4) is 0 Å². The first-order valence-corrected chi connectivity index (χ1v) is 5.55. The number of hydrogen-bond donors (Lipinski definition) is 2. The second kappa shape index (κ2) is 6.40. The second-order valence-corrected chi connectivity index (χ2v) is 4.57. The molecule has 0 spiro atoms. The highest BCUT2D eigenvalue weighted by atomic mass is 79.9. The molecule has 1 amide bonds. The number of amides is 1. The van der Waals surface area contributed by atoms with Crippen LogP contribution in [0.3, 0.4) is 0 Å². The van der Waals surface area contributed by atoms with Gasteiger partial charge >= 0.3 is 0 Å². The number of hydrogen-bond acceptors (Lipinski definition) is 3. The average Bonchev–Trinajstić information content (AvgIpc) is 2.51. The van der Waals surface area contributed by atoms with Crippen molar-refractivity contribution < 1.29 is 4.79 Å². The van der Waals surface area contributed by atoms with Crippen LogP contribution in [0.2, 0.25) is 0 Å². The third-order valence-electron chi connectivity index (χ3n) is 1.52. The highest BCUT2D eigenvalue weighted by molar-refractivity contribution is 9.10. The van der Waals surface area contributed by atoms with E-state index < -0.39 is 0 Å². The molecule has 3 nitrogen and oxygen atoms in total. The third-order valence-corrected chi connectivity index (χ3v) is 3.21. The first-order valence-electron chi connectivity index (χ1n) is 3.88. The van der Waals surface area contributed by atoms with Crippen LogP contribution in [-0.2, 0) is 0 Å². The van der Waals surface area contributed by atoms with Gasteiger partial charge in [-0.2, -0.15) is 0 Å². The summed E-state index contributed by atoms with van der Waals surface area (Å²) in [6.45, 7) is 2.33. The van der Waals surface area contributed by atoms with Crippen LogP contribution >= 0.6 is 39.7 Å². The fourth-order valence-electron chi connectivity index (χ4n) is 0.786. The molecule has 0 fully saturated rings. The largest absolute Gasteiger partial charge is 0.348 e. The van der Waals surface area contributed by atoms with Crippen LogP contribution in [0.25, 0.3) is 0 Å². The quantitative estimate of drug-likeness (QED) is 0.897. The van der Waals surface area contributed by atoms with Crippen molar-refractivity contribution in [2.75, 3.05) is 6.54 Å². The minimum atomic E-state index is -0.0614. The van der Waals surface area contributed by atoms with Crippen LogP contribution in [0.1, 0.15) is 16.6 Å². The molecular formula is C8H12BrClN2OS. The van der Waals surface area contributed by atoms with Crippen molar-refractivity contribution in [2.24, 2.45) is 5.73 Å². The second-order valence-electron chi connectivity index (χ2n) is 2.74. The van der Waals surface area contributed by atoms with Gasteiger partial charge in [-0.3, -0.25) is 4.79 Å². The zero-order valence-electron chi connectivity index (χ0n) is 7.62. The number of rotatable bonds is 3. The molecule has 0 aromatic carbocycles. The number of carbonyl (C=O) groups is 1. The van der Waals surface area contributed by atoms with Gasteiger partial charge in [0, 0.05) is 22.4 Å². The molecule has 0 saturated carbocycles. The molecule has 0 unspecified atom stereocenters. The van der Waals surface area contributed by atoms with Gasteiger partial charge in [0.1, 0.15) is 0 Å². The van der Waals surface area contributed by atoms with Gasteiger partial charge in [0.2, 0.25) is 0 Å². The summed E-state index contributed by atoms with van der Waals surface area (Å²) in [7, 11) is 0. The Labute approximate surface area is 102 Å². The summed E-state index contributed by atoms with van der Waals surface area (Å²) in [6.07, 6.45) is 0. The monoisotopic (exact) mass is 298 g/mol. The van der Waals surface area contributed by atoms with Crippen molar-refractivity contribution in [2.45, 2.75) is 13.0 Å². The molecule has 0 aliphatic rings. The Morgan fingerprint density at radius 3 is 2.86 bits per heavy atom. The van der Waals surface area contributed by atoms with Crippen molar-refractivity contribution in [3.05, 3.63) is 20.8 Å². The summed E-state index contributed by atoms with van der Waals surface area (Å²) in [5, 5.41) is 4.66. The molecule has 1 atom stereocenters. The summed E-state index contributed by atoms with van der Waals surface area (Å²) in [5.74, 6) is -0.0614. The lowest BCUT2D eigenvalue weighted by atomic mass is 10.3. The van der Waals surface area contributed by atoms with Gasteiger partial charge in [0.25, 0.3) is 5.91 Å². The van der Waals surface area contributed by atoms with E-state index >= 15 is 0 Å². The fourth-order valence-corrected chi connectivity index (χ4v) is 2.12. The van der Waals surface area contributed by atoms with Crippen molar-refractivity contribution in [1.29, 1.82) is 0 Å². The highest BCUT2D eigenvalue weighted by Crippen LogP contribution is 2.19. The molecule has 14 heavy (non-hydrogen) atoms. The van der Waals surface area contributed by atoms with E-state index in [-0.39, 0.29) is 24.4 Å². The maximum atomic E-state index is 11.5. The van der Waals surface area contributed by atoms with Crippen LogP contribution in [0.4, 0.5) is 0 Å².